The second-order valence-corrected chi connectivity index (χ2v) is 3.90. The number of nitrogens with zero attached hydrogens (tertiary/aromatic N) is 1. The van der Waals surface area contributed by atoms with Gasteiger partial charge in [-0.15, -0.1) is 0 Å². The van der Waals surface area contributed by atoms with Crippen LogP contribution < -0.4 is 5.32 Å². The molecule has 3 heteroatoms. The van der Waals surface area contributed by atoms with Crippen LogP contribution in [-0.2, 0) is 0 Å². The first kappa shape index (κ1) is 12.9. The van der Waals surface area contributed by atoms with Crippen LogP contribution >= 0.6 is 0 Å². The molecule has 0 rings (SSSR count). The van der Waals surface area contributed by atoms with Crippen LogP contribution in [0, 0.1) is 0 Å². The maximum Gasteiger partial charge on any atom is 0.0611 e. The number of hydrogen-bond donors (Lipinski definition) is 2. The van der Waals surface area contributed by atoms with E-state index in [0.717, 1.165) is 26.1 Å². The van der Waals surface area contributed by atoms with Crippen molar-refractivity contribution in [2.24, 2.45) is 0 Å². The fraction of sp³-hybridized carbons (Fsp3) is 1.00. The smallest absolute Gasteiger partial charge is 0.0611 e. The molecule has 0 amide bonds. The van der Waals surface area contributed by atoms with E-state index < -0.39 is 0 Å². The molecular weight excluding hydrogens is 164 g/mol. The van der Waals surface area contributed by atoms with Gasteiger partial charge in [-0.05, 0) is 40.0 Å². The van der Waals surface area contributed by atoms with Crippen LogP contribution in [0.4, 0.5) is 0 Å². The Morgan fingerprint density at radius 3 is 2.38 bits per heavy atom. The minimum atomic E-state index is -0.113. The van der Waals surface area contributed by atoms with Crippen molar-refractivity contribution in [2.45, 2.75) is 32.7 Å². The van der Waals surface area contributed by atoms with Gasteiger partial charge >= 0.3 is 0 Å². The van der Waals surface area contributed by atoms with Crippen molar-refractivity contribution in [3.05, 3.63) is 0 Å². The molecule has 0 saturated carbocycles. The highest BCUT2D eigenvalue weighted by molar-refractivity contribution is 4.82. The molecule has 1 atom stereocenters. The molecule has 0 aliphatic carbocycles. The summed E-state index contributed by atoms with van der Waals surface area (Å²) < 4.78 is 0. The van der Waals surface area contributed by atoms with Crippen molar-refractivity contribution < 1.29 is 5.11 Å². The Bertz CT molecular complexity index is 130. The zero-order chi connectivity index (χ0) is 10.3. The van der Waals surface area contributed by atoms with Gasteiger partial charge < -0.3 is 15.3 Å². The van der Waals surface area contributed by atoms with Gasteiger partial charge in [-0.1, -0.05) is 13.8 Å². The predicted molar refractivity (Wildman–Crippen MR) is 57.0 cm³/mol. The van der Waals surface area contributed by atoms with Crippen LogP contribution in [0.2, 0.25) is 0 Å². The van der Waals surface area contributed by atoms with E-state index in [9.17, 15) is 5.11 Å². The van der Waals surface area contributed by atoms with E-state index in [2.05, 4.69) is 38.0 Å². The van der Waals surface area contributed by atoms with Crippen molar-refractivity contribution in [2.75, 3.05) is 33.3 Å². The highest BCUT2D eigenvalue weighted by Crippen LogP contribution is 2.08. The van der Waals surface area contributed by atoms with Gasteiger partial charge in [0.2, 0.25) is 0 Å². The van der Waals surface area contributed by atoms with Crippen molar-refractivity contribution in [1.29, 1.82) is 0 Å². The molecule has 0 fully saturated rings. The molecule has 0 aromatic carbocycles. The molecule has 80 valence electrons. The van der Waals surface area contributed by atoms with Crippen LogP contribution in [0.15, 0.2) is 0 Å². The molecule has 1 unspecified atom stereocenters. The number of hydrogen-bond acceptors (Lipinski definition) is 3. The lowest BCUT2D eigenvalue weighted by atomic mass is 9.99. The van der Waals surface area contributed by atoms with Crippen LogP contribution in [0.5, 0.6) is 0 Å². The SMILES string of the molecule is CCNC(C)(CO)CCN(C)CC. The number of aliphatic hydroxyl groups is 1. The standard InChI is InChI=1S/C10H24N2O/c1-5-11-10(3,9-13)7-8-12(4)6-2/h11,13H,5-9H2,1-4H3. The summed E-state index contributed by atoms with van der Waals surface area (Å²) in [5, 5.41) is 12.5. The molecule has 0 aromatic rings. The summed E-state index contributed by atoms with van der Waals surface area (Å²) in [4.78, 5) is 2.26. The van der Waals surface area contributed by atoms with Gasteiger partial charge in [-0.3, -0.25) is 0 Å². The van der Waals surface area contributed by atoms with Crippen molar-refractivity contribution in [1.82, 2.24) is 10.2 Å². The summed E-state index contributed by atoms with van der Waals surface area (Å²) in [5.74, 6) is 0. The highest BCUT2D eigenvalue weighted by Gasteiger charge is 2.21. The third-order valence-electron chi connectivity index (χ3n) is 2.54. The Morgan fingerprint density at radius 2 is 2.00 bits per heavy atom. The number of nitrogens with one attached hydrogen (secondary N) is 1. The minimum Gasteiger partial charge on any atom is -0.394 e. The monoisotopic (exact) mass is 188 g/mol. The van der Waals surface area contributed by atoms with E-state index in [0.29, 0.717) is 0 Å². The van der Waals surface area contributed by atoms with Gasteiger partial charge in [0.25, 0.3) is 0 Å². The summed E-state index contributed by atoms with van der Waals surface area (Å²) in [7, 11) is 2.10. The van der Waals surface area contributed by atoms with Crippen LogP contribution in [0.3, 0.4) is 0 Å². The highest BCUT2D eigenvalue weighted by atomic mass is 16.3. The predicted octanol–water partition coefficient (Wildman–Crippen LogP) is 0.689. The molecule has 0 bridgehead atoms. The fourth-order valence-corrected chi connectivity index (χ4v) is 1.25. The zero-order valence-electron chi connectivity index (χ0n) is 9.43. The Kier molecular flexibility index (Phi) is 6.29. The Balaban J connectivity index is 3.82. The van der Waals surface area contributed by atoms with Gasteiger partial charge in [0.15, 0.2) is 0 Å². The molecule has 0 aromatic heterocycles. The summed E-state index contributed by atoms with van der Waals surface area (Å²) >= 11 is 0. The molecule has 0 heterocycles. The minimum absolute atomic E-state index is 0.113. The Labute approximate surface area is 82.1 Å². The molecule has 0 radical (unpaired) electrons. The van der Waals surface area contributed by atoms with E-state index in [-0.39, 0.29) is 12.1 Å². The maximum absolute atomic E-state index is 9.22. The summed E-state index contributed by atoms with van der Waals surface area (Å²) in [5.41, 5.74) is -0.113. The number of likely N-dealkylation sites (N-methyl/N-ethyl adjacent to an activating group) is 1. The van der Waals surface area contributed by atoms with Crippen LogP contribution in [0.25, 0.3) is 0 Å². The molecule has 0 saturated heterocycles. The first-order chi connectivity index (χ1) is 6.08. The van der Waals surface area contributed by atoms with Crippen molar-refractivity contribution >= 4 is 0 Å². The van der Waals surface area contributed by atoms with E-state index in [1.165, 1.54) is 0 Å². The van der Waals surface area contributed by atoms with Crippen molar-refractivity contribution in [3.63, 3.8) is 0 Å². The molecule has 0 aliphatic heterocycles. The molecule has 0 spiro atoms. The van der Waals surface area contributed by atoms with E-state index in [1.807, 2.05) is 0 Å². The van der Waals surface area contributed by atoms with E-state index in [1.54, 1.807) is 0 Å². The summed E-state index contributed by atoms with van der Waals surface area (Å²) in [6, 6.07) is 0. The fourth-order valence-electron chi connectivity index (χ4n) is 1.25. The quantitative estimate of drug-likeness (QED) is 0.617. The average molecular weight is 188 g/mol. The lowest BCUT2D eigenvalue weighted by Gasteiger charge is -2.30. The topological polar surface area (TPSA) is 35.5 Å². The third-order valence-corrected chi connectivity index (χ3v) is 2.54. The van der Waals surface area contributed by atoms with Gasteiger partial charge in [0, 0.05) is 5.54 Å². The molecule has 13 heavy (non-hydrogen) atoms. The molecule has 3 nitrogen and oxygen atoms in total. The Hall–Kier alpha value is -0.120. The van der Waals surface area contributed by atoms with Gasteiger partial charge in [-0.2, -0.15) is 0 Å². The van der Waals surface area contributed by atoms with E-state index >= 15 is 0 Å². The molecule has 0 aliphatic rings. The molecule has 2 N–H and O–H groups in total. The van der Waals surface area contributed by atoms with Gasteiger partial charge in [0.05, 0.1) is 6.61 Å². The number of rotatable bonds is 7. The lowest BCUT2D eigenvalue weighted by Crippen LogP contribution is -2.47. The normalized spacial score (nSPS) is 16.2. The van der Waals surface area contributed by atoms with Gasteiger partial charge in [0.1, 0.15) is 0 Å². The number of aliphatic hydroxyl groups excluding tert-OH is 1. The first-order valence-electron chi connectivity index (χ1n) is 5.12. The molecular formula is C10H24N2O. The Morgan fingerprint density at radius 1 is 1.38 bits per heavy atom. The largest absolute Gasteiger partial charge is 0.394 e. The van der Waals surface area contributed by atoms with Crippen molar-refractivity contribution in [3.8, 4) is 0 Å². The second kappa shape index (κ2) is 6.35. The lowest BCUT2D eigenvalue weighted by molar-refractivity contribution is 0.154. The zero-order valence-corrected chi connectivity index (χ0v) is 9.43. The summed E-state index contributed by atoms with van der Waals surface area (Å²) in [6.45, 7) is 9.49. The maximum atomic E-state index is 9.22. The first-order valence-corrected chi connectivity index (χ1v) is 5.12. The average Bonchev–Trinajstić information content (AvgIpc) is 2.15. The van der Waals surface area contributed by atoms with Crippen LogP contribution in [0.1, 0.15) is 27.2 Å². The summed E-state index contributed by atoms with van der Waals surface area (Å²) in [6.07, 6.45) is 0.988. The van der Waals surface area contributed by atoms with Crippen LogP contribution in [-0.4, -0.2) is 48.8 Å². The van der Waals surface area contributed by atoms with Gasteiger partial charge in [-0.25, -0.2) is 0 Å². The second-order valence-electron chi connectivity index (χ2n) is 3.90. The van der Waals surface area contributed by atoms with E-state index in [4.69, 9.17) is 0 Å². The third kappa shape index (κ3) is 5.24.